The van der Waals surface area contributed by atoms with Gasteiger partial charge in [0.2, 0.25) is 0 Å². The number of aryl methyl sites for hydroxylation is 1. The van der Waals surface area contributed by atoms with Crippen molar-refractivity contribution in [2.45, 2.75) is 116 Å². The molecule has 0 aliphatic rings. The Morgan fingerprint density at radius 3 is 2.10 bits per heavy atom. The summed E-state index contributed by atoms with van der Waals surface area (Å²) >= 11 is 0. The smallest absolute Gasteiger partial charge is 0.319 e. The molecule has 0 amide bonds. The van der Waals surface area contributed by atoms with Gasteiger partial charge in [0, 0.05) is 30.9 Å². The minimum absolute atomic E-state index is 0.158. The lowest BCUT2D eigenvalue weighted by Gasteiger charge is -2.25. The molecule has 0 aliphatic carbocycles. The van der Waals surface area contributed by atoms with Gasteiger partial charge in [-0.05, 0) is 31.5 Å². The van der Waals surface area contributed by atoms with Crippen LogP contribution in [0.5, 0.6) is 5.75 Å². The van der Waals surface area contributed by atoms with Gasteiger partial charge < -0.3 is 23.4 Å². The molecule has 8 heteroatoms. The van der Waals surface area contributed by atoms with Crippen LogP contribution in [-0.4, -0.2) is 33.0 Å². The zero-order chi connectivity index (χ0) is 29.6. The summed E-state index contributed by atoms with van der Waals surface area (Å²) in [5.41, 5.74) is 2.07. The number of hydrogen-bond acceptors (Lipinski definition) is 6. The molecule has 1 heterocycles. The molecule has 0 spiro atoms. The topological polar surface area (TPSA) is 80.9 Å². The van der Waals surface area contributed by atoms with Crippen LogP contribution in [0.25, 0.3) is 0 Å². The van der Waals surface area contributed by atoms with Crippen LogP contribution < -0.4 is 14.0 Å². The third-order valence-corrected chi connectivity index (χ3v) is 8.08. The number of rotatable bonds is 25. The molecule has 2 aromatic rings. The largest absolute Gasteiger partial charge is 0.746 e. The van der Waals surface area contributed by atoms with Crippen LogP contribution in [0.3, 0.4) is 0 Å². The van der Waals surface area contributed by atoms with Crippen molar-refractivity contribution in [3.63, 3.8) is 0 Å². The summed E-state index contributed by atoms with van der Waals surface area (Å²) in [5, 5.41) is 0. The van der Waals surface area contributed by atoms with Crippen LogP contribution in [0.1, 0.15) is 108 Å². The molecule has 0 bridgehead atoms. The Bertz CT molecular complexity index is 988. The lowest BCUT2D eigenvalue weighted by molar-refractivity contribution is -0.688. The van der Waals surface area contributed by atoms with Crippen molar-refractivity contribution in [1.82, 2.24) is 0 Å². The molecule has 7 nitrogen and oxygen atoms in total. The number of phosphoric ester groups is 1. The zero-order valence-electron chi connectivity index (χ0n) is 25.8. The second-order valence-corrected chi connectivity index (χ2v) is 12.4. The highest BCUT2D eigenvalue weighted by Crippen LogP contribution is 2.39. The van der Waals surface area contributed by atoms with Gasteiger partial charge in [-0.15, -0.1) is 0 Å². The summed E-state index contributed by atoms with van der Waals surface area (Å²) in [6.45, 7) is 5.65. The van der Waals surface area contributed by atoms with Crippen LogP contribution >= 0.6 is 7.82 Å². The number of nitrogens with zero attached hydrogens (tertiary/aromatic N) is 1. The molecule has 0 N–H and O–H groups in total. The predicted molar refractivity (Wildman–Crippen MR) is 163 cm³/mol. The highest BCUT2D eigenvalue weighted by Gasteiger charge is 2.17. The maximum Gasteiger partial charge on any atom is 0.319 e. The first-order valence-corrected chi connectivity index (χ1v) is 17.2. The summed E-state index contributed by atoms with van der Waals surface area (Å²) in [4.78, 5) is 12.4. The SMILES string of the molecule is CCCCCCCCCCCCCCCCOCC(COP(=O)([O-])Oc1cccc(C[n+]2cccc(C)c2)c1)OC. The molecule has 0 saturated heterocycles. The predicted octanol–water partition coefficient (Wildman–Crippen LogP) is 7.71. The summed E-state index contributed by atoms with van der Waals surface area (Å²) in [6.07, 6.45) is 21.9. The van der Waals surface area contributed by atoms with Crippen molar-refractivity contribution < 1.29 is 32.5 Å². The second kappa shape index (κ2) is 21.9. The number of phosphoric acid groups is 1. The fraction of sp³-hybridized carbons (Fsp3) is 0.667. The lowest BCUT2D eigenvalue weighted by Crippen LogP contribution is -2.33. The molecule has 41 heavy (non-hydrogen) atoms. The maximum atomic E-state index is 12.4. The van der Waals surface area contributed by atoms with Crippen molar-refractivity contribution in [3.8, 4) is 5.75 Å². The molecule has 232 valence electrons. The van der Waals surface area contributed by atoms with Gasteiger partial charge in [0.25, 0.3) is 0 Å². The van der Waals surface area contributed by atoms with E-state index in [-0.39, 0.29) is 19.0 Å². The molecule has 0 aliphatic heterocycles. The Balaban J connectivity index is 1.52. The van der Waals surface area contributed by atoms with E-state index in [1.54, 1.807) is 18.2 Å². The fourth-order valence-electron chi connectivity index (χ4n) is 4.79. The van der Waals surface area contributed by atoms with E-state index in [4.69, 9.17) is 18.5 Å². The number of benzene rings is 1. The average molecular weight is 592 g/mol. The number of hydrogen-bond donors (Lipinski definition) is 0. The first kappa shape index (κ1) is 35.4. The monoisotopic (exact) mass is 591 g/mol. The quantitative estimate of drug-likeness (QED) is 0.0668. The van der Waals surface area contributed by atoms with Crippen molar-refractivity contribution in [2.24, 2.45) is 0 Å². The number of aromatic nitrogens is 1. The van der Waals surface area contributed by atoms with Gasteiger partial charge in [-0.3, -0.25) is 4.57 Å². The third kappa shape index (κ3) is 17.7. The van der Waals surface area contributed by atoms with E-state index < -0.39 is 13.9 Å². The first-order valence-electron chi connectivity index (χ1n) is 15.7. The molecule has 2 atom stereocenters. The summed E-state index contributed by atoms with van der Waals surface area (Å²) < 4.78 is 35.8. The number of methoxy groups -OCH3 is 1. The van der Waals surface area contributed by atoms with Gasteiger partial charge in [-0.25, -0.2) is 4.57 Å². The molecule has 2 rings (SSSR count). The minimum atomic E-state index is -4.56. The molecular formula is C33H54NO6P. The Labute approximate surface area is 249 Å². The first-order chi connectivity index (χ1) is 19.9. The average Bonchev–Trinajstić information content (AvgIpc) is 2.94. The third-order valence-electron chi connectivity index (χ3n) is 7.18. The van der Waals surface area contributed by atoms with E-state index in [0.29, 0.717) is 13.2 Å². The van der Waals surface area contributed by atoms with Gasteiger partial charge in [0.15, 0.2) is 18.9 Å². The van der Waals surface area contributed by atoms with Crippen LogP contribution in [-0.2, 0) is 25.1 Å². The summed E-state index contributed by atoms with van der Waals surface area (Å²) in [5.74, 6) is 0.220. The van der Waals surface area contributed by atoms with E-state index in [2.05, 4.69) is 6.92 Å². The van der Waals surface area contributed by atoms with E-state index >= 15 is 0 Å². The highest BCUT2D eigenvalue weighted by molar-refractivity contribution is 7.46. The minimum Gasteiger partial charge on any atom is -0.746 e. The van der Waals surface area contributed by atoms with Gasteiger partial charge in [-0.1, -0.05) is 103 Å². The maximum absolute atomic E-state index is 12.4. The van der Waals surface area contributed by atoms with E-state index in [9.17, 15) is 9.46 Å². The summed E-state index contributed by atoms with van der Waals surface area (Å²) in [7, 11) is -3.04. The van der Waals surface area contributed by atoms with E-state index in [1.165, 1.54) is 84.2 Å². The number of unbranched alkanes of at least 4 members (excludes halogenated alkanes) is 13. The molecule has 1 aromatic heterocycles. The molecule has 0 fully saturated rings. The molecular weight excluding hydrogens is 537 g/mol. The van der Waals surface area contributed by atoms with Gasteiger partial charge in [0.05, 0.1) is 13.2 Å². The Kier molecular flexibility index (Phi) is 18.9. The van der Waals surface area contributed by atoms with Crippen molar-refractivity contribution in [1.29, 1.82) is 0 Å². The van der Waals surface area contributed by atoms with Crippen LogP contribution in [0.4, 0.5) is 0 Å². The van der Waals surface area contributed by atoms with Crippen LogP contribution in [0.15, 0.2) is 48.8 Å². The standard InChI is InChI=1S/C33H54NO6P/c1-4-5-6-7-8-9-10-11-12-13-14-15-16-17-24-38-28-33(37-3)29-39-41(35,36)40-32-22-18-21-31(25-32)27-34-23-19-20-30(2)26-34/h18-23,25-26,33H,4-17,24,27-29H2,1-3H3. The van der Waals surface area contributed by atoms with Crippen molar-refractivity contribution in [3.05, 3.63) is 59.9 Å². The number of pyridine rings is 1. The lowest BCUT2D eigenvalue weighted by atomic mass is 10.0. The second-order valence-electron chi connectivity index (χ2n) is 11.1. The van der Waals surface area contributed by atoms with E-state index in [0.717, 1.165) is 24.0 Å². The van der Waals surface area contributed by atoms with Crippen molar-refractivity contribution >= 4 is 7.82 Å². The van der Waals surface area contributed by atoms with Crippen LogP contribution in [0, 0.1) is 6.92 Å². The normalized spacial score (nSPS) is 13.7. The molecule has 0 saturated carbocycles. The van der Waals surface area contributed by atoms with Gasteiger partial charge >= 0.3 is 7.82 Å². The van der Waals surface area contributed by atoms with E-state index in [1.807, 2.05) is 42.1 Å². The zero-order valence-corrected chi connectivity index (χ0v) is 26.7. The van der Waals surface area contributed by atoms with Crippen molar-refractivity contribution in [2.75, 3.05) is 26.9 Å². The van der Waals surface area contributed by atoms with Gasteiger partial charge in [0.1, 0.15) is 11.9 Å². The molecule has 0 radical (unpaired) electrons. The fourth-order valence-corrected chi connectivity index (χ4v) is 5.56. The van der Waals surface area contributed by atoms with Gasteiger partial charge in [-0.2, -0.15) is 0 Å². The Morgan fingerprint density at radius 2 is 1.49 bits per heavy atom. The van der Waals surface area contributed by atoms with Crippen LogP contribution in [0.2, 0.25) is 0 Å². The highest BCUT2D eigenvalue weighted by atomic mass is 31.2. The Morgan fingerprint density at radius 1 is 0.854 bits per heavy atom. The molecule has 2 unspecified atom stereocenters. The summed E-state index contributed by atoms with van der Waals surface area (Å²) in [6, 6.07) is 11.0. The number of ether oxygens (including phenoxy) is 2. The Hall–Kier alpha value is -1.76. The molecule has 1 aromatic carbocycles.